The van der Waals surface area contributed by atoms with Crippen LogP contribution in [-0.4, -0.2) is 37.3 Å². The lowest BCUT2D eigenvalue weighted by Crippen LogP contribution is -2.29. The molecule has 0 atom stereocenters. The van der Waals surface area contributed by atoms with Crippen LogP contribution in [0, 0.1) is 5.41 Å². The first-order valence-corrected chi connectivity index (χ1v) is 8.70. The third-order valence-corrected chi connectivity index (χ3v) is 5.46. The summed E-state index contributed by atoms with van der Waals surface area (Å²) in [6.45, 7) is 0.252. The van der Waals surface area contributed by atoms with E-state index >= 15 is 0 Å². The van der Waals surface area contributed by atoms with Crippen molar-refractivity contribution >= 4 is 27.5 Å². The number of nitrogens with one attached hydrogen (secondary N) is 1. The Balaban J connectivity index is 2.37. The molecule has 1 aromatic carbocycles. The minimum Gasteiger partial charge on any atom is -0.365 e. The molecule has 3 N–H and O–H groups in total. The highest BCUT2D eigenvalue weighted by Crippen LogP contribution is 2.15. The van der Waals surface area contributed by atoms with E-state index in [9.17, 15) is 13.2 Å². The van der Waals surface area contributed by atoms with Crippen molar-refractivity contribution in [1.29, 1.82) is 5.41 Å². The topological polar surface area (TPSA) is 109 Å². The fourth-order valence-electron chi connectivity index (χ4n) is 2.10. The predicted molar refractivity (Wildman–Crippen MR) is 90.2 cm³/mol. The number of benzene rings is 1. The number of hydrogen-bond donors (Lipinski definition) is 2. The van der Waals surface area contributed by atoms with Crippen LogP contribution in [0.4, 0.5) is 0 Å². The number of rotatable bonds is 5. The zero-order valence-corrected chi connectivity index (χ0v) is 14.7. The van der Waals surface area contributed by atoms with Gasteiger partial charge in [0.15, 0.2) is 0 Å². The first-order valence-electron chi connectivity index (χ1n) is 6.89. The minimum absolute atomic E-state index is 0.0225. The van der Waals surface area contributed by atoms with Crippen LogP contribution in [0.15, 0.2) is 41.4 Å². The van der Waals surface area contributed by atoms with Crippen molar-refractivity contribution in [2.24, 2.45) is 5.73 Å². The van der Waals surface area contributed by atoms with Crippen LogP contribution in [-0.2, 0) is 16.6 Å². The van der Waals surface area contributed by atoms with Crippen molar-refractivity contribution in [2.45, 2.75) is 11.4 Å². The molecule has 0 spiro atoms. The number of aromatic nitrogens is 1. The van der Waals surface area contributed by atoms with Crippen molar-refractivity contribution < 1.29 is 13.2 Å². The summed E-state index contributed by atoms with van der Waals surface area (Å²) in [6.07, 6.45) is 1.51. The smallest absolute Gasteiger partial charge is 0.252 e. The van der Waals surface area contributed by atoms with E-state index in [1.165, 1.54) is 43.1 Å². The number of carbonyl (C=O) groups excluding carboxylic acids is 1. The van der Waals surface area contributed by atoms with Crippen molar-refractivity contribution in [3.8, 4) is 0 Å². The van der Waals surface area contributed by atoms with Crippen LogP contribution in [0.5, 0.6) is 0 Å². The van der Waals surface area contributed by atoms with E-state index in [-0.39, 0.29) is 27.5 Å². The van der Waals surface area contributed by atoms with Crippen LogP contribution in [0.3, 0.4) is 0 Å². The summed E-state index contributed by atoms with van der Waals surface area (Å²) in [4.78, 5) is 11.5. The highest BCUT2D eigenvalue weighted by atomic mass is 35.5. The van der Waals surface area contributed by atoms with E-state index < -0.39 is 15.9 Å². The Kier molecular flexibility index (Phi) is 5.12. The molecule has 7 nitrogen and oxygen atoms in total. The molecule has 128 valence electrons. The van der Waals surface area contributed by atoms with Gasteiger partial charge >= 0.3 is 0 Å². The lowest BCUT2D eigenvalue weighted by atomic mass is 10.2. The van der Waals surface area contributed by atoms with Gasteiger partial charge in [0.1, 0.15) is 5.49 Å². The Morgan fingerprint density at radius 2 is 1.88 bits per heavy atom. The fraction of sp³-hybridized carbons (Fsp3) is 0.200. The molecule has 0 radical (unpaired) electrons. The number of nitrogens with two attached hydrogens (primary N) is 1. The van der Waals surface area contributed by atoms with Gasteiger partial charge in [0.05, 0.1) is 15.5 Å². The van der Waals surface area contributed by atoms with Gasteiger partial charge < -0.3 is 10.3 Å². The summed E-state index contributed by atoms with van der Waals surface area (Å²) < 4.78 is 26.7. The SMILES string of the molecule is CN(C)S(=O)(=O)c1ccc(Cn2cc(Cl)cc(C(N)=O)c2=N)cc1. The zero-order valence-electron chi connectivity index (χ0n) is 13.2. The number of carbonyl (C=O) groups is 1. The molecule has 0 aliphatic heterocycles. The van der Waals surface area contributed by atoms with E-state index in [0.29, 0.717) is 0 Å². The maximum Gasteiger partial charge on any atom is 0.252 e. The Labute approximate surface area is 144 Å². The van der Waals surface area contributed by atoms with Gasteiger partial charge in [-0.1, -0.05) is 23.7 Å². The van der Waals surface area contributed by atoms with Crippen molar-refractivity contribution in [2.75, 3.05) is 14.1 Å². The molecule has 2 rings (SSSR count). The molecule has 1 aromatic heterocycles. The van der Waals surface area contributed by atoms with E-state index in [2.05, 4.69) is 0 Å². The van der Waals surface area contributed by atoms with Gasteiger partial charge in [-0.15, -0.1) is 0 Å². The fourth-order valence-corrected chi connectivity index (χ4v) is 3.23. The second-order valence-corrected chi connectivity index (χ2v) is 7.93. The summed E-state index contributed by atoms with van der Waals surface area (Å²) in [5.74, 6) is -0.733. The highest BCUT2D eigenvalue weighted by Gasteiger charge is 2.16. The second-order valence-electron chi connectivity index (χ2n) is 5.34. The average Bonchev–Trinajstić information content (AvgIpc) is 2.50. The number of pyridine rings is 1. The van der Waals surface area contributed by atoms with Crippen LogP contribution in [0.1, 0.15) is 15.9 Å². The Bertz CT molecular complexity index is 934. The molecular weight excluding hydrogens is 352 g/mol. The maximum atomic E-state index is 12.0. The molecule has 1 amide bonds. The molecule has 9 heteroatoms. The zero-order chi connectivity index (χ0) is 18.1. The van der Waals surface area contributed by atoms with Crippen LogP contribution in [0.2, 0.25) is 5.02 Å². The van der Waals surface area contributed by atoms with Crippen molar-refractivity contribution in [1.82, 2.24) is 8.87 Å². The minimum atomic E-state index is -3.49. The normalized spacial score (nSPS) is 11.7. The molecule has 0 aliphatic rings. The summed E-state index contributed by atoms with van der Waals surface area (Å²) >= 11 is 5.96. The molecule has 0 aliphatic carbocycles. The quantitative estimate of drug-likeness (QED) is 0.822. The lowest BCUT2D eigenvalue weighted by molar-refractivity contribution is 0.0997. The molecule has 0 fully saturated rings. The summed E-state index contributed by atoms with van der Waals surface area (Å²) in [5, 5.41) is 8.31. The van der Waals surface area contributed by atoms with Gasteiger partial charge in [-0.2, -0.15) is 0 Å². The first-order chi connectivity index (χ1) is 11.1. The first kappa shape index (κ1) is 18.2. The van der Waals surface area contributed by atoms with E-state index in [4.69, 9.17) is 22.7 Å². The molecule has 0 unspecified atom stereocenters. The van der Waals surface area contributed by atoms with Gasteiger partial charge in [-0.3, -0.25) is 10.2 Å². The third-order valence-electron chi connectivity index (χ3n) is 3.42. The largest absolute Gasteiger partial charge is 0.365 e. The number of amides is 1. The van der Waals surface area contributed by atoms with Crippen LogP contribution < -0.4 is 11.2 Å². The van der Waals surface area contributed by atoms with Gasteiger partial charge in [0.25, 0.3) is 5.91 Å². The second kappa shape index (κ2) is 6.76. The number of hydrogen-bond acceptors (Lipinski definition) is 4. The number of halogens is 1. The molecule has 24 heavy (non-hydrogen) atoms. The van der Waals surface area contributed by atoms with Crippen molar-refractivity contribution in [3.63, 3.8) is 0 Å². The molecule has 1 heterocycles. The van der Waals surface area contributed by atoms with Gasteiger partial charge in [-0.25, -0.2) is 12.7 Å². The van der Waals surface area contributed by atoms with Gasteiger partial charge in [-0.05, 0) is 23.8 Å². The Morgan fingerprint density at radius 1 is 1.29 bits per heavy atom. The summed E-state index contributed by atoms with van der Waals surface area (Å²) in [5.41, 5.74) is 5.96. The van der Waals surface area contributed by atoms with Gasteiger partial charge in [0.2, 0.25) is 10.0 Å². The van der Waals surface area contributed by atoms with Crippen LogP contribution in [0.25, 0.3) is 0 Å². The number of primary amides is 1. The highest BCUT2D eigenvalue weighted by molar-refractivity contribution is 7.89. The Morgan fingerprint density at radius 3 is 2.38 bits per heavy atom. The monoisotopic (exact) mass is 368 g/mol. The van der Waals surface area contributed by atoms with Crippen LogP contribution >= 0.6 is 11.6 Å². The average molecular weight is 369 g/mol. The molecule has 2 aromatic rings. The van der Waals surface area contributed by atoms with Crippen molar-refractivity contribution in [3.05, 3.63) is 58.2 Å². The summed E-state index contributed by atoms with van der Waals surface area (Å²) in [7, 11) is -0.570. The number of sulfonamides is 1. The number of nitrogens with zero attached hydrogens (tertiary/aromatic N) is 2. The van der Waals surface area contributed by atoms with E-state index in [0.717, 1.165) is 9.87 Å². The Hall–Kier alpha value is -2.16. The lowest BCUT2D eigenvalue weighted by Gasteiger charge is -2.13. The van der Waals surface area contributed by atoms with E-state index in [1.807, 2.05) is 0 Å². The van der Waals surface area contributed by atoms with E-state index in [1.54, 1.807) is 12.1 Å². The molecular formula is C15H17ClN4O3S. The standard InChI is InChI=1S/C15H17ClN4O3S/c1-19(2)24(22,23)12-5-3-10(4-6-12)8-20-9-11(16)7-13(14(20)17)15(18)21/h3-7,9,17H,8H2,1-2H3,(H2,18,21). The third kappa shape index (κ3) is 3.66. The predicted octanol–water partition coefficient (Wildman–Crippen LogP) is 1.02. The maximum absolute atomic E-state index is 12.0. The molecule has 0 bridgehead atoms. The summed E-state index contributed by atoms with van der Waals surface area (Å²) in [6, 6.07) is 7.62. The molecule has 0 saturated carbocycles. The van der Waals surface area contributed by atoms with Gasteiger partial charge in [0, 0.05) is 26.8 Å². The molecule has 0 saturated heterocycles.